The summed E-state index contributed by atoms with van der Waals surface area (Å²) in [5.41, 5.74) is 0. The monoisotopic (exact) mass is 391 g/mol. The number of nitrogens with zero attached hydrogens (tertiary/aromatic N) is 3. The molecule has 3 heterocycles. The molecule has 1 saturated carbocycles. The number of thiophene rings is 1. The van der Waals surface area contributed by atoms with E-state index in [2.05, 4.69) is 17.1 Å². The van der Waals surface area contributed by atoms with Crippen LogP contribution in [0.15, 0.2) is 22.0 Å². The number of amides is 1. The molecule has 7 nitrogen and oxygen atoms in total. The molecule has 2 aliphatic rings. The van der Waals surface area contributed by atoms with Crippen LogP contribution in [0, 0.1) is 5.92 Å². The molecule has 27 heavy (non-hydrogen) atoms. The standard InChI is InChI=1S/C19H25N3O4S/c1-13-5-2-3-6-15(13)25-12-17(23)22-8-9-24-11-14(22)19-20-18(21-26-19)16-7-4-10-27-16/h4,7,10,13-15H,2-3,5-6,8-9,11-12H2,1H3/t13-,14-,15-/m1/s1. The van der Waals surface area contributed by atoms with Crippen molar-refractivity contribution >= 4 is 17.2 Å². The van der Waals surface area contributed by atoms with Crippen LogP contribution in [0.4, 0.5) is 0 Å². The highest BCUT2D eigenvalue weighted by atomic mass is 32.1. The van der Waals surface area contributed by atoms with Crippen LogP contribution in [-0.2, 0) is 14.3 Å². The molecule has 0 N–H and O–H groups in total. The Labute approximate surface area is 162 Å². The lowest BCUT2D eigenvalue weighted by Gasteiger charge is -2.34. The van der Waals surface area contributed by atoms with Crippen LogP contribution in [0.5, 0.6) is 0 Å². The van der Waals surface area contributed by atoms with E-state index in [-0.39, 0.29) is 24.7 Å². The van der Waals surface area contributed by atoms with Crippen molar-refractivity contribution in [1.29, 1.82) is 0 Å². The Balaban J connectivity index is 1.42. The van der Waals surface area contributed by atoms with Crippen LogP contribution in [0.25, 0.3) is 10.7 Å². The molecule has 4 rings (SSSR count). The number of ether oxygens (including phenoxy) is 2. The number of hydrogen-bond donors (Lipinski definition) is 0. The van der Waals surface area contributed by atoms with Gasteiger partial charge in [0.1, 0.15) is 12.6 Å². The number of hydrogen-bond acceptors (Lipinski definition) is 7. The van der Waals surface area contributed by atoms with Gasteiger partial charge in [-0.15, -0.1) is 11.3 Å². The maximum Gasteiger partial charge on any atom is 0.252 e. The minimum absolute atomic E-state index is 0.0445. The number of carbonyl (C=O) groups is 1. The van der Waals surface area contributed by atoms with Gasteiger partial charge in [-0.25, -0.2) is 0 Å². The highest BCUT2D eigenvalue weighted by molar-refractivity contribution is 7.13. The maximum absolute atomic E-state index is 12.8. The molecule has 1 aliphatic carbocycles. The second-order valence-electron chi connectivity index (χ2n) is 7.22. The molecule has 0 aromatic carbocycles. The van der Waals surface area contributed by atoms with Gasteiger partial charge in [0, 0.05) is 6.54 Å². The fraction of sp³-hybridized carbons (Fsp3) is 0.632. The normalized spacial score (nSPS) is 26.3. The molecule has 2 fully saturated rings. The first-order chi connectivity index (χ1) is 13.2. The van der Waals surface area contributed by atoms with Gasteiger partial charge in [-0.3, -0.25) is 4.79 Å². The Kier molecular flexibility index (Phi) is 5.85. The first kappa shape index (κ1) is 18.6. The molecule has 2 aromatic heterocycles. The van der Waals surface area contributed by atoms with Gasteiger partial charge in [0.25, 0.3) is 5.89 Å². The molecule has 3 atom stereocenters. The fourth-order valence-corrected chi connectivity index (χ4v) is 4.42. The molecule has 146 valence electrons. The van der Waals surface area contributed by atoms with Crippen molar-refractivity contribution in [2.75, 3.05) is 26.4 Å². The summed E-state index contributed by atoms with van der Waals surface area (Å²) < 4.78 is 17.0. The van der Waals surface area contributed by atoms with E-state index in [0.717, 1.165) is 11.3 Å². The van der Waals surface area contributed by atoms with E-state index in [0.29, 0.717) is 37.4 Å². The lowest BCUT2D eigenvalue weighted by Crippen LogP contribution is -2.45. The molecule has 1 amide bonds. The zero-order valence-corrected chi connectivity index (χ0v) is 16.3. The topological polar surface area (TPSA) is 77.7 Å². The average Bonchev–Trinajstić information content (AvgIpc) is 3.39. The Morgan fingerprint density at radius 3 is 3.11 bits per heavy atom. The highest BCUT2D eigenvalue weighted by Crippen LogP contribution is 2.29. The van der Waals surface area contributed by atoms with E-state index < -0.39 is 0 Å². The van der Waals surface area contributed by atoms with E-state index in [9.17, 15) is 4.79 Å². The van der Waals surface area contributed by atoms with Gasteiger partial charge >= 0.3 is 0 Å². The van der Waals surface area contributed by atoms with Gasteiger partial charge in [0.15, 0.2) is 0 Å². The number of morpholine rings is 1. The Morgan fingerprint density at radius 2 is 2.30 bits per heavy atom. The summed E-state index contributed by atoms with van der Waals surface area (Å²) in [5.74, 6) is 1.43. The third-order valence-electron chi connectivity index (χ3n) is 5.37. The summed E-state index contributed by atoms with van der Waals surface area (Å²) in [6, 6.07) is 3.53. The molecule has 2 aromatic rings. The number of carbonyl (C=O) groups excluding carboxylic acids is 1. The predicted octanol–water partition coefficient (Wildman–Crippen LogP) is 3.29. The third-order valence-corrected chi connectivity index (χ3v) is 6.24. The molecule has 1 saturated heterocycles. The van der Waals surface area contributed by atoms with Gasteiger partial charge in [-0.2, -0.15) is 4.98 Å². The zero-order valence-electron chi connectivity index (χ0n) is 15.5. The van der Waals surface area contributed by atoms with Gasteiger partial charge < -0.3 is 18.9 Å². The summed E-state index contributed by atoms with van der Waals surface area (Å²) in [6.07, 6.45) is 4.82. The van der Waals surface area contributed by atoms with Crippen LogP contribution in [0.3, 0.4) is 0 Å². The molecule has 0 bridgehead atoms. The smallest absolute Gasteiger partial charge is 0.252 e. The van der Waals surface area contributed by atoms with Crippen molar-refractivity contribution in [2.45, 2.75) is 44.8 Å². The minimum Gasteiger partial charge on any atom is -0.377 e. The van der Waals surface area contributed by atoms with E-state index in [1.165, 1.54) is 19.3 Å². The lowest BCUT2D eigenvalue weighted by molar-refractivity contribution is -0.150. The van der Waals surface area contributed by atoms with Crippen LogP contribution < -0.4 is 0 Å². The second kappa shape index (κ2) is 8.50. The van der Waals surface area contributed by atoms with Crippen molar-refractivity contribution in [1.82, 2.24) is 15.0 Å². The predicted molar refractivity (Wildman–Crippen MR) is 100 cm³/mol. The van der Waals surface area contributed by atoms with Crippen molar-refractivity contribution in [3.05, 3.63) is 23.4 Å². The summed E-state index contributed by atoms with van der Waals surface area (Å²) >= 11 is 1.55. The summed E-state index contributed by atoms with van der Waals surface area (Å²) in [5, 5.41) is 6.02. The van der Waals surface area contributed by atoms with Crippen molar-refractivity contribution in [3.8, 4) is 10.7 Å². The van der Waals surface area contributed by atoms with Gasteiger partial charge in [-0.05, 0) is 30.2 Å². The lowest BCUT2D eigenvalue weighted by atomic mass is 9.88. The quantitative estimate of drug-likeness (QED) is 0.778. The SMILES string of the molecule is C[C@@H]1CCCC[C@H]1OCC(=O)N1CCOC[C@@H]1c1nc(-c2cccs2)no1. The average molecular weight is 391 g/mol. The van der Waals surface area contributed by atoms with Crippen LogP contribution in [0.2, 0.25) is 0 Å². The van der Waals surface area contributed by atoms with E-state index in [4.69, 9.17) is 14.0 Å². The fourth-order valence-electron chi connectivity index (χ4n) is 3.77. The summed E-state index contributed by atoms with van der Waals surface area (Å²) in [4.78, 5) is 20.0. The number of aromatic nitrogens is 2. The van der Waals surface area contributed by atoms with Crippen LogP contribution in [0.1, 0.15) is 44.5 Å². The number of rotatable bonds is 5. The van der Waals surface area contributed by atoms with E-state index in [1.807, 2.05) is 17.5 Å². The molecule has 8 heteroatoms. The molecule has 0 unspecified atom stereocenters. The van der Waals surface area contributed by atoms with Gasteiger partial charge in [0.2, 0.25) is 11.7 Å². The van der Waals surface area contributed by atoms with Crippen molar-refractivity contribution < 1.29 is 18.8 Å². The van der Waals surface area contributed by atoms with E-state index >= 15 is 0 Å². The molecule has 0 spiro atoms. The van der Waals surface area contributed by atoms with Crippen molar-refractivity contribution in [3.63, 3.8) is 0 Å². The zero-order chi connectivity index (χ0) is 18.6. The Bertz CT molecular complexity index is 748. The van der Waals surface area contributed by atoms with Crippen molar-refractivity contribution in [2.24, 2.45) is 5.92 Å². The Hall–Kier alpha value is -1.77. The summed E-state index contributed by atoms with van der Waals surface area (Å²) in [7, 11) is 0. The van der Waals surface area contributed by atoms with Gasteiger partial charge in [-0.1, -0.05) is 31.0 Å². The molecule has 0 radical (unpaired) electrons. The summed E-state index contributed by atoms with van der Waals surface area (Å²) in [6.45, 7) is 3.67. The molecule has 1 aliphatic heterocycles. The van der Waals surface area contributed by atoms with Gasteiger partial charge in [0.05, 0.1) is 24.2 Å². The highest BCUT2D eigenvalue weighted by Gasteiger charge is 2.34. The first-order valence-electron chi connectivity index (χ1n) is 9.58. The third kappa shape index (κ3) is 4.23. The molecular formula is C19H25N3O4S. The van der Waals surface area contributed by atoms with E-state index in [1.54, 1.807) is 16.2 Å². The van der Waals surface area contributed by atoms with Crippen LogP contribution in [-0.4, -0.2) is 53.4 Å². The largest absolute Gasteiger partial charge is 0.377 e. The van der Waals surface area contributed by atoms with Crippen LogP contribution >= 0.6 is 11.3 Å². The first-order valence-corrected chi connectivity index (χ1v) is 10.5. The minimum atomic E-state index is -0.361. The second-order valence-corrected chi connectivity index (χ2v) is 8.17. The maximum atomic E-state index is 12.8. The Morgan fingerprint density at radius 1 is 1.41 bits per heavy atom. The molecular weight excluding hydrogens is 366 g/mol.